The highest BCUT2D eigenvalue weighted by atomic mass is 32.1. The maximum atomic E-state index is 6.37. The van der Waals surface area contributed by atoms with Gasteiger partial charge in [-0.15, -0.1) is 11.3 Å². The van der Waals surface area contributed by atoms with E-state index in [0.717, 1.165) is 66.5 Å². The molecule has 258 valence electrons. The van der Waals surface area contributed by atoms with E-state index in [4.69, 9.17) is 8.83 Å². The van der Waals surface area contributed by atoms with Crippen LogP contribution in [0.5, 0.6) is 0 Å². The van der Waals surface area contributed by atoms with Crippen LogP contribution >= 0.6 is 11.3 Å². The minimum Gasteiger partial charge on any atom is -0.456 e. The van der Waals surface area contributed by atoms with Crippen LogP contribution in [0.15, 0.2) is 191 Å². The van der Waals surface area contributed by atoms with Gasteiger partial charge in [-0.05, 0) is 90.0 Å². The molecule has 0 unspecified atom stereocenters. The Labute approximate surface area is 319 Å². The topological polar surface area (TPSA) is 34.5 Å². The number of anilines is 3. The molecule has 8 aromatic carbocycles. The van der Waals surface area contributed by atoms with Gasteiger partial charge in [0.15, 0.2) is 0 Å². The molecule has 4 aromatic heterocycles. The molecule has 5 heteroatoms. The van der Waals surface area contributed by atoms with Gasteiger partial charge in [0.25, 0.3) is 0 Å². The van der Waals surface area contributed by atoms with E-state index < -0.39 is 0 Å². The lowest BCUT2D eigenvalue weighted by Gasteiger charge is -2.25. The molecule has 0 N–H and O–H groups in total. The van der Waals surface area contributed by atoms with Crippen LogP contribution in [0.1, 0.15) is 0 Å². The van der Waals surface area contributed by atoms with Crippen molar-refractivity contribution in [2.24, 2.45) is 0 Å². The molecule has 0 fully saturated rings. The number of hydrogen-bond acceptors (Lipinski definition) is 4. The molecule has 0 saturated carbocycles. The second-order valence-electron chi connectivity index (χ2n) is 14.1. The average molecular weight is 723 g/mol. The fourth-order valence-corrected chi connectivity index (χ4v) is 9.71. The highest BCUT2D eigenvalue weighted by molar-refractivity contribution is 7.25. The van der Waals surface area contributed by atoms with Crippen molar-refractivity contribution in [2.45, 2.75) is 0 Å². The Morgan fingerprint density at radius 3 is 1.62 bits per heavy atom. The fraction of sp³-hybridized carbons (Fsp3) is 0. The number of benzene rings is 8. The zero-order valence-electron chi connectivity index (χ0n) is 29.4. The second-order valence-corrected chi connectivity index (χ2v) is 15.2. The van der Waals surface area contributed by atoms with Gasteiger partial charge >= 0.3 is 0 Å². The molecule has 0 aliphatic rings. The van der Waals surface area contributed by atoms with Crippen molar-refractivity contribution in [3.63, 3.8) is 0 Å². The molecular formula is C50H30N2O2S. The van der Waals surface area contributed by atoms with Crippen molar-refractivity contribution in [3.05, 3.63) is 182 Å². The Morgan fingerprint density at radius 1 is 0.400 bits per heavy atom. The SMILES string of the molecule is c1ccc(-n2c3ccc(-c4ccc(N(c5ccc6c(c5)oc5ccccc56)c5ccc6c(c5)oc5ccccc56)cc4)cc3c3c4ccccc4sc32)cc1. The van der Waals surface area contributed by atoms with E-state index in [2.05, 4.69) is 167 Å². The quantitative estimate of drug-likeness (QED) is 0.177. The van der Waals surface area contributed by atoms with Crippen LogP contribution in [-0.4, -0.2) is 4.57 Å². The van der Waals surface area contributed by atoms with Gasteiger partial charge in [0.2, 0.25) is 0 Å². The van der Waals surface area contributed by atoms with Gasteiger partial charge in [-0.3, -0.25) is 0 Å². The predicted octanol–water partition coefficient (Wildman–Crippen LogP) is 14.9. The number of fused-ring (bicyclic) bond motifs is 11. The molecule has 0 aliphatic carbocycles. The molecular weight excluding hydrogens is 693 g/mol. The van der Waals surface area contributed by atoms with Gasteiger partial charge < -0.3 is 18.3 Å². The van der Waals surface area contributed by atoms with Crippen LogP contribution in [0.2, 0.25) is 0 Å². The first-order valence-electron chi connectivity index (χ1n) is 18.5. The summed E-state index contributed by atoms with van der Waals surface area (Å²) in [4.78, 5) is 3.56. The van der Waals surface area contributed by atoms with Crippen LogP contribution in [0.3, 0.4) is 0 Å². The molecule has 0 aliphatic heterocycles. The number of thiophene rings is 1. The van der Waals surface area contributed by atoms with Crippen molar-refractivity contribution >= 4 is 103 Å². The summed E-state index contributed by atoms with van der Waals surface area (Å²) >= 11 is 1.86. The smallest absolute Gasteiger partial charge is 0.137 e. The molecule has 12 aromatic rings. The van der Waals surface area contributed by atoms with Crippen molar-refractivity contribution in [1.82, 2.24) is 4.57 Å². The summed E-state index contributed by atoms with van der Waals surface area (Å²) in [6.45, 7) is 0. The van der Waals surface area contributed by atoms with Crippen LogP contribution in [0, 0.1) is 0 Å². The lowest BCUT2D eigenvalue weighted by Crippen LogP contribution is -2.09. The van der Waals surface area contributed by atoms with Crippen molar-refractivity contribution in [3.8, 4) is 16.8 Å². The van der Waals surface area contributed by atoms with Gasteiger partial charge in [-0.25, -0.2) is 0 Å². The Morgan fingerprint density at radius 2 is 0.945 bits per heavy atom. The first-order chi connectivity index (χ1) is 27.2. The van der Waals surface area contributed by atoms with Crippen LogP contribution in [-0.2, 0) is 0 Å². The number of hydrogen-bond donors (Lipinski definition) is 0. The fourth-order valence-electron chi connectivity index (χ4n) is 8.46. The van der Waals surface area contributed by atoms with E-state index in [9.17, 15) is 0 Å². The molecule has 12 rings (SSSR count). The van der Waals surface area contributed by atoms with E-state index in [1.165, 1.54) is 42.5 Å². The average Bonchev–Trinajstić information content (AvgIpc) is 3.99. The molecule has 0 saturated heterocycles. The summed E-state index contributed by atoms with van der Waals surface area (Å²) in [5.74, 6) is 0. The lowest BCUT2D eigenvalue weighted by atomic mass is 10.0. The number of aromatic nitrogens is 1. The van der Waals surface area contributed by atoms with Crippen molar-refractivity contribution in [1.29, 1.82) is 0 Å². The monoisotopic (exact) mass is 722 g/mol. The van der Waals surface area contributed by atoms with E-state index in [-0.39, 0.29) is 0 Å². The third kappa shape index (κ3) is 4.64. The Balaban J connectivity index is 1.01. The number of nitrogens with zero attached hydrogens (tertiary/aromatic N) is 2. The van der Waals surface area contributed by atoms with Gasteiger partial charge in [0, 0.05) is 77.3 Å². The number of furan rings is 2. The summed E-state index contributed by atoms with van der Waals surface area (Å²) in [6, 6.07) is 64.7. The normalized spacial score (nSPS) is 12.0. The molecule has 0 atom stereocenters. The highest BCUT2D eigenvalue weighted by Crippen LogP contribution is 2.45. The maximum Gasteiger partial charge on any atom is 0.137 e. The van der Waals surface area contributed by atoms with E-state index in [1.807, 2.05) is 35.6 Å². The molecule has 0 amide bonds. The van der Waals surface area contributed by atoms with Gasteiger partial charge in [-0.1, -0.05) is 91.0 Å². The summed E-state index contributed by atoms with van der Waals surface area (Å²) in [7, 11) is 0. The summed E-state index contributed by atoms with van der Waals surface area (Å²) in [5, 5.41) is 8.31. The van der Waals surface area contributed by atoms with E-state index >= 15 is 0 Å². The Bertz CT molecular complexity index is 3330. The standard InChI is InChI=1S/C50H30N2O2S/c1-2-10-33(11-3-1)52-43-27-20-32(28-42(43)49-41-14-6-9-17-48(41)55-50(49)52)31-18-21-34(22-19-31)51(35-23-25-39-37-12-4-7-15-44(37)53-46(39)29-35)36-24-26-40-38-13-5-8-16-45(38)54-47(40)30-36/h1-30H. The molecule has 0 spiro atoms. The molecule has 55 heavy (non-hydrogen) atoms. The van der Waals surface area contributed by atoms with Crippen molar-refractivity contribution < 1.29 is 8.83 Å². The molecule has 4 heterocycles. The summed E-state index contributed by atoms with van der Waals surface area (Å²) in [6.07, 6.45) is 0. The second kappa shape index (κ2) is 11.7. The molecule has 0 bridgehead atoms. The van der Waals surface area contributed by atoms with Crippen molar-refractivity contribution in [2.75, 3.05) is 4.90 Å². The van der Waals surface area contributed by atoms with Crippen LogP contribution in [0.25, 0.3) is 91.9 Å². The lowest BCUT2D eigenvalue weighted by molar-refractivity contribution is 0.669. The third-order valence-electron chi connectivity index (χ3n) is 11.0. The van der Waals surface area contributed by atoms with Crippen LogP contribution < -0.4 is 4.90 Å². The summed E-state index contributed by atoms with van der Waals surface area (Å²) in [5.41, 5.74) is 11.3. The predicted molar refractivity (Wildman–Crippen MR) is 231 cm³/mol. The van der Waals surface area contributed by atoms with Gasteiger partial charge in [0.05, 0.1) is 5.52 Å². The minimum absolute atomic E-state index is 0.855. The maximum absolute atomic E-state index is 6.37. The molecule has 4 nitrogen and oxygen atoms in total. The first-order valence-corrected chi connectivity index (χ1v) is 19.3. The van der Waals surface area contributed by atoms with E-state index in [0.29, 0.717) is 0 Å². The Hall–Kier alpha value is -7.08. The summed E-state index contributed by atoms with van der Waals surface area (Å²) < 4.78 is 16.5. The highest BCUT2D eigenvalue weighted by Gasteiger charge is 2.20. The van der Waals surface area contributed by atoms with E-state index in [1.54, 1.807) is 0 Å². The third-order valence-corrected chi connectivity index (χ3v) is 12.2. The number of para-hydroxylation sites is 3. The van der Waals surface area contributed by atoms with Gasteiger partial charge in [-0.2, -0.15) is 0 Å². The van der Waals surface area contributed by atoms with Gasteiger partial charge in [0.1, 0.15) is 27.2 Å². The zero-order valence-corrected chi connectivity index (χ0v) is 30.3. The Kier molecular flexibility index (Phi) is 6.47. The zero-order chi connectivity index (χ0) is 36.0. The minimum atomic E-state index is 0.855. The largest absolute Gasteiger partial charge is 0.456 e. The molecule has 0 radical (unpaired) electrons. The number of rotatable bonds is 5. The first kappa shape index (κ1) is 30.4. The van der Waals surface area contributed by atoms with Crippen LogP contribution in [0.4, 0.5) is 17.1 Å².